The van der Waals surface area contributed by atoms with Gasteiger partial charge in [0.2, 0.25) is 0 Å². The molecule has 2 N–H and O–H groups in total. The summed E-state index contributed by atoms with van der Waals surface area (Å²) in [6.07, 6.45) is 9.44. The first-order valence-electron chi connectivity index (χ1n) is 6.06. The van der Waals surface area contributed by atoms with E-state index < -0.39 is 0 Å². The fourth-order valence-electron chi connectivity index (χ4n) is 1.61. The molecule has 0 saturated heterocycles. The van der Waals surface area contributed by atoms with Crippen LogP contribution >= 0.6 is 0 Å². The minimum absolute atomic E-state index is 0.173. The minimum atomic E-state index is -0.299. The van der Waals surface area contributed by atoms with Gasteiger partial charge in [-0.1, -0.05) is 0 Å². The van der Waals surface area contributed by atoms with Crippen LogP contribution in [0.3, 0.4) is 0 Å². The maximum absolute atomic E-state index is 11.0. The summed E-state index contributed by atoms with van der Waals surface area (Å²) >= 11 is -0.270. The molecule has 1 amide bonds. The van der Waals surface area contributed by atoms with Gasteiger partial charge >= 0.3 is 105 Å². The van der Waals surface area contributed by atoms with E-state index >= 15 is 0 Å². The van der Waals surface area contributed by atoms with E-state index in [1.807, 2.05) is 0 Å². The molecule has 4 heteroatoms. The molecule has 16 heavy (non-hydrogen) atoms. The Morgan fingerprint density at radius 2 is 1.81 bits per heavy atom. The summed E-state index contributed by atoms with van der Waals surface area (Å²) in [6, 6.07) is 0. The van der Waals surface area contributed by atoms with E-state index in [9.17, 15) is 4.79 Å². The van der Waals surface area contributed by atoms with Crippen LogP contribution in [-0.2, 0) is 4.79 Å². The predicted octanol–water partition coefficient (Wildman–Crippen LogP) is 2.59. The zero-order valence-corrected chi connectivity index (χ0v) is 11.8. The summed E-state index contributed by atoms with van der Waals surface area (Å²) in [5.41, 5.74) is 5.23. The molecule has 0 fully saturated rings. The van der Waals surface area contributed by atoms with Crippen LogP contribution in [0.2, 0.25) is 4.82 Å². The molecule has 92 valence electrons. The van der Waals surface area contributed by atoms with E-state index in [1.165, 1.54) is 32.1 Å². The molecule has 0 rings (SSSR count). The summed E-state index contributed by atoms with van der Waals surface area (Å²) in [5, 5.41) is 8.56. The number of nitrogens with zero attached hydrogens (tertiary/aromatic N) is 1. The fourth-order valence-corrected chi connectivity index (χ4v) is 2.72. The van der Waals surface area contributed by atoms with Crippen LogP contribution in [0.15, 0.2) is 0 Å². The third kappa shape index (κ3) is 8.76. The van der Waals surface area contributed by atoms with Crippen molar-refractivity contribution in [2.24, 2.45) is 5.73 Å². The first-order chi connectivity index (χ1) is 7.72. The van der Waals surface area contributed by atoms with Crippen LogP contribution < -0.4 is 5.73 Å². The molecule has 0 heterocycles. The quantitative estimate of drug-likeness (QED) is 0.496. The Labute approximate surface area is 105 Å². The molecule has 3 nitrogen and oxygen atoms in total. The summed E-state index contributed by atoms with van der Waals surface area (Å²) in [4.78, 5) is 12.9. The van der Waals surface area contributed by atoms with Crippen LogP contribution in [0.1, 0.15) is 58.3 Å². The Bertz CT molecular complexity index is 226. The van der Waals surface area contributed by atoms with Gasteiger partial charge in [0.25, 0.3) is 0 Å². The second kappa shape index (κ2) is 11.0. The second-order valence-electron chi connectivity index (χ2n) is 4.01. The van der Waals surface area contributed by atoms with Crippen molar-refractivity contribution in [3.8, 4) is 4.97 Å². The van der Waals surface area contributed by atoms with Crippen LogP contribution in [0.25, 0.3) is 0 Å². The van der Waals surface area contributed by atoms with Crippen molar-refractivity contribution in [3.05, 3.63) is 0 Å². The Morgan fingerprint density at radius 3 is 2.31 bits per heavy atom. The third-order valence-electron chi connectivity index (χ3n) is 2.58. The predicted molar refractivity (Wildman–Crippen MR) is 66.9 cm³/mol. The molecule has 1 unspecified atom stereocenters. The number of carbonyl (C=O) groups excluding carboxylic acids is 1. The summed E-state index contributed by atoms with van der Waals surface area (Å²) < 4.78 is 0. The second-order valence-corrected chi connectivity index (χ2v) is 6.08. The van der Waals surface area contributed by atoms with Gasteiger partial charge in [0.15, 0.2) is 0 Å². The van der Waals surface area contributed by atoms with Crippen molar-refractivity contribution in [2.75, 3.05) is 0 Å². The van der Waals surface area contributed by atoms with Crippen LogP contribution in [-0.4, -0.2) is 20.9 Å². The third-order valence-corrected chi connectivity index (χ3v) is 4.38. The van der Waals surface area contributed by atoms with E-state index in [1.54, 1.807) is 0 Å². The number of unbranched alkanes of at least 4 members (excludes halogenated alkanes) is 6. The van der Waals surface area contributed by atoms with E-state index in [0.29, 0.717) is 0 Å². The molecule has 0 aliphatic carbocycles. The number of nitriles is 1. The molecule has 0 spiro atoms. The summed E-state index contributed by atoms with van der Waals surface area (Å²) in [7, 11) is 0. The van der Waals surface area contributed by atoms with Gasteiger partial charge in [0.1, 0.15) is 0 Å². The number of rotatable bonds is 10. The molecule has 0 bridgehead atoms. The number of hydrogen-bond donors (Lipinski definition) is 1. The van der Waals surface area contributed by atoms with E-state index in [0.717, 1.165) is 19.3 Å². The fraction of sp³-hybridized carbons (Fsp3) is 0.833. The Balaban J connectivity index is 3.41. The van der Waals surface area contributed by atoms with Gasteiger partial charge in [0.05, 0.1) is 0 Å². The normalized spacial score (nSPS) is 12.0. The van der Waals surface area contributed by atoms with Crippen LogP contribution in [0, 0.1) is 10.2 Å². The molecular formula is C12H22N2OSe. The Hall–Kier alpha value is -0.521. The summed E-state index contributed by atoms with van der Waals surface area (Å²) in [5.74, 6) is -0.299. The zero-order chi connectivity index (χ0) is 12.2. The number of primary amides is 1. The van der Waals surface area contributed by atoms with Crippen molar-refractivity contribution in [1.82, 2.24) is 0 Å². The zero-order valence-electron chi connectivity index (χ0n) is 10.1. The topological polar surface area (TPSA) is 66.9 Å². The van der Waals surface area contributed by atoms with Gasteiger partial charge in [0, 0.05) is 0 Å². The van der Waals surface area contributed by atoms with Crippen LogP contribution in [0.4, 0.5) is 0 Å². The van der Waals surface area contributed by atoms with Crippen molar-refractivity contribution in [1.29, 1.82) is 5.26 Å². The van der Waals surface area contributed by atoms with Gasteiger partial charge < -0.3 is 0 Å². The van der Waals surface area contributed by atoms with Gasteiger partial charge in [-0.25, -0.2) is 0 Å². The SMILES string of the molecule is CCCCCCCCCC([Se]C#N)C(N)=O. The van der Waals surface area contributed by atoms with Crippen molar-refractivity contribution in [2.45, 2.75) is 63.1 Å². The van der Waals surface area contributed by atoms with Gasteiger partial charge in [-0.2, -0.15) is 0 Å². The molecule has 0 aliphatic rings. The first-order valence-corrected chi connectivity index (χ1v) is 7.91. The van der Waals surface area contributed by atoms with E-state index in [-0.39, 0.29) is 25.7 Å². The van der Waals surface area contributed by atoms with Gasteiger partial charge in [-0.3, -0.25) is 0 Å². The average molecular weight is 289 g/mol. The Kier molecular flexibility index (Phi) is 10.6. The Morgan fingerprint density at radius 1 is 1.25 bits per heavy atom. The van der Waals surface area contributed by atoms with Crippen molar-refractivity contribution >= 4 is 20.9 Å². The monoisotopic (exact) mass is 290 g/mol. The standard InChI is InChI=1S/C12H22N2OSe/c1-2-3-4-5-6-7-8-9-11(12(14)15)16-10-13/h11H,2-9H2,1H3,(H2,14,15). The molecule has 0 saturated carbocycles. The summed E-state index contributed by atoms with van der Waals surface area (Å²) in [6.45, 7) is 2.21. The number of nitrogens with two attached hydrogens (primary N) is 1. The molecule has 0 aromatic rings. The molecule has 0 aromatic carbocycles. The van der Waals surface area contributed by atoms with Crippen molar-refractivity contribution < 1.29 is 4.79 Å². The number of amides is 1. The van der Waals surface area contributed by atoms with E-state index in [2.05, 4.69) is 11.9 Å². The molecular weight excluding hydrogens is 267 g/mol. The first kappa shape index (κ1) is 15.5. The average Bonchev–Trinajstić information content (AvgIpc) is 2.26. The van der Waals surface area contributed by atoms with Gasteiger partial charge in [-0.05, 0) is 0 Å². The molecule has 0 aromatic heterocycles. The van der Waals surface area contributed by atoms with Crippen molar-refractivity contribution in [3.63, 3.8) is 0 Å². The van der Waals surface area contributed by atoms with Crippen LogP contribution in [0.5, 0.6) is 0 Å². The molecule has 0 radical (unpaired) electrons. The number of hydrogen-bond acceptors (Lipinski definition) is 2. The van der Waals surface area contributed by atoms with E-state index in [4.69, 9.17) is 11.0 Å². The molecule has 1 atom stereocenters. The maximum atomic E-state index is 11.0. The number of carbonyl (C=O) groups is 1. The molecule has 0 aliphatic heterocycles. The van der Waals surface area contributed by atoms with Gasteiger partial charge in [-0.15, -0.1) is 0 Å².